The van der Waals surface area contributed by atoms with Crippen LogP contribution in [0.5, 0.6) is 0 Å². The minimum Gasteiger partial charge on any atom is -0.469 e. The molecule has 0 aliphatic heterocycles. The smallest absolute Gasteiger partial charge is 0.407 e. The molecule has 5 nitrogen and oxygen atoms in total. The van der Waals surface area contributed by atoms with Gasteiger partial charge in [0.1, 0.15) is 11.4 Å². The van der Waals surface area contributed by atoms with Crippen molar-refractivity contribution in [2.24, 2.45) is 0 Å². The highest BCUT2D eigenvalue weighted by Crippen LogP contribution is 2.35. The maximum atomic E-state index is 12.1. The quantitative estimate of drug-likeness (QED) is 0.794. The lowest BCUT2D eigenvalue weighted by Crippen LogP contribution is -2.36. The van der Waals surface area contributed by atoms with E-state index in [9.17, 15) is 9.90 Å². The minimum atomic E-state index is -0.544. The lowest BCUT2D eigenvalue weighted by atomic mass is 9.82. The topological polar surface area (TPSA) is 71.7 Å². The molecule has 1 aromatic heterocycles. The molecule has 2 rings (SSSR count). The number of aliphatic hydroxyl groups is 1. The van der Waals surface area contributed by atoms with Gasteiger partial charge in [0.05, 0.1) is 6.26 Å². The second-order valence-corrected chi connectivity index (χ2v) is 7.03. The van der Waals surface area contributed by atoms with Crippen molar-refractivity contribution in [2.45, 2.75) is 44.6 Å². The highest BCUT2D eigenvalue weighted by Gasteiger charge is 2.28. The Morgan fingerprint density at radius 1 is 1.16 bits per heavy atom. The molecule has 0 saturated carbocycles. The summed E-state index contributed by atoms with van der Waals surface area (Å²) in [5, 5.41) is 12.4. The van der Waals surface area contributed by atoms with E-state index in [4.69, 9.17) is 9.15 Å². The number of amides is 1. The molecular weight excluding hydrogens is 318 g/mol. The molecule has 2 atom stereocenters. The molecule has 0 radical (unpaired) electrons. The van der Waals surface area contributed by atoms with Gasteiger partial charge in [0.2, 0.25) is 0 Å². The van der Waals surface area contributed by atoms with Crippen LogP contribution in [0.2, 0.25) is 0 Å². The molecule has 25 heavy (non-hydrogen) atoms. The predicted molar refractivity (Wildman–Crippen MR) is 96.6 cm³/mol. The Kier molecular flexibility index (Phi) is 6.65. The summed E-state index contributed by atoms with van der Waals surface area (Å²) in [6, 6.07) is 13.7. The lowest BCUT2D eigenvalue weighted by molar-refractivity contribution is 0.0522. The molecule has 0 fully saturated rings. The maximum absolute atomic E-state index is 12.1. The summed E-state index contributed by atoms with van der Waals surface area (Å²) >= 11 is 0. The van der Waals surface area contributed by atoms with Gasteiger partial charge >= 0.3 is 6.09 Å². The van der Waals surface area contributed by atoms with Gasteiger partial charge in [-0.25, -0.2) is 4.79 Å². The SMILES string of the molecule is CC(C)(C)OC(=O)NC[C@@H](c1ccccc1)[C@@H](CCO)c1ccco1. The maximum Gasteiger partial charge on any atom is 0.407 e. The fourth-order valence-corrected chi connectivity index (χ4v) is 2.88. The first-order chi connectivity index (χ1) is 11.9. The van der Waals surface area contributed by atoms with Crippen LogP contribution in [0.1, 0.15) is 50.4 Å². The summed E-state index contributed by atoms with van der Waals surface area (Å²) in [5.41, 5.74) is 0.533. The number of rotatable bonds is 7. The summed E-state index contributed by atoms with van der Waals surface area (Å²) in [7, 11) is 0. The first kappa shape index (κ1) is 19.1. The number of nitrogens with one attached hydrogen (secondary N) is 1. The van der Waals surface area contributed by atoms with Crippen LogP contribution in [-0.4, -0.2) is 30.0 Å². The molecule has 5 heteroatoms. The van der Waals surface area contributed by atoms with Gasteiger partial charge in [-0.15, -0.1) is 0 Å². The average Bonchev–Trinajstić information content (AvgIpc) is 3.07. The summed E-state index contributed by atoms with van der Waals surface area (Å²) in [6.07, 6.45) is 1.72. The van der Waals surface area contributed by atoms with Crippen molar-refractivity contribution >= 4 is 6.09 Å². The minimum absolute atomic E-state index is 0.0352. The summed E-state index contributed by atoms with van der Waals surface area (Å²) in [6.45, 7) is 5.93. The summed E-state index contributed by atoms with van der Waals surface area (Å²) in [4.78, 5) is 12.1. The standard InChI is InChI=1S/C20H27NO4/c1-20(2,3)25-19(23)21-14-17(15-8-5-4-6-9-15)16(11-12-22)18-10-7-13-24-18/h4-10,13,16-17,22H,11-12,14H2,1-3H3,(H,21,23)/t16-,17+/m1/s1. The average molecular weight is 345 g/mol. The van der Waals surface area contributed by atoms with Crippen LogP contribution in [0.15, 0.2) is 53.1 Å². The van der Waals surface area contributed by atoms with Crippen LogP contribution in [0, 0.1) is 0 Å². The Morgan fingerprint density at radius 3 is 2.44 bits per heavy atom. The largest absolute Gasteiger partial charge is 0.469 e. The van der Waals surface area contributed by atoms with Crippen LogP contribution < -0.4 is 5.32 Å². The zero-order chi connectivity index (χ0) is 18.3. The van der Waals surface area contributed by atoms with Crippen molar-refractivity contribution in [2.75, 3.05) is 13.2 Å². The van der Waals surface area contributed by atoms with E-state index in [1.54, 1.807) is 6.26 Å². The molecule has 0 unspecified atom stereocenters. The van der Waals surface area contributed by atoms with Crippen LogP contribution in [0.3, 0.4) is 0 Å². The van der Waals surface area contributed by atoms with E-state index in [0.717, 1.165) is 11.3 Å². The molecule has 2 aromatic rings. The summed E-state index contributed by atoms with van der Waals surface area (Å²) in [5.74, 6) is 0.721. The van der Waals surface area contributed by atoms with Gasteiger partial charge < -0.3 is 19.6 Å². The first-order valence-corrected chi connectivity index (χ1v) is 8.57. The van der Waals surface area contributed by atoms with E-state index in [0.29, 0.717) is 13.0 Å². The van der Waals surface area contributed by atoms with E-state index in [2.05, 4.69) is 5.32 Å². The Labute approximate surface area is 149 Å². The number of ether oxygens (including phenoxy) is 1. The van der Waals surface area contributed by atoms with Crippen molar-refractivity contribution in [3.05, 3.63) is 60.1 Å². The van der Waals surface area contributed by atoms with Gasteiger partial charge in [-0.1, -0.05) is 30.3 Å². The third-order valence-electron chi connectivity index (χ3n) is 3.93. The predicted octanol–water partition coefficient (Wildman–Crippen LogP) is 4.05. The second-order valence-electron chi connectivity index (χ2n) is 7.03. The molecule has 1 amide bonds. The van der Waals surface area contributed by atoms with Gasteiger partial charge in [-0.3, -0.25) is 0 Å². The molecule has 0 bridgehead atoms. The van der Waals surface area contributed by atoms with E-state index < -0.39 is 11.7 Å². The third-order valence-corrected chi connectivity index (χ3v) is 3.93. The second kappa shape index (κ2) is 8.72. The monoisotopic (exact) mass is 345 g/mol. The number of benzene rings is 1. The molecule has 0 spiro atoms. The zero-order valence-corrected chi connectivity index (χ0v) is 15.1. The van der Waals surface area contributed by atoms with Crippen molar-refractivity contribution in [3.63, 3.8) is 0 Å². The van der Waals surface area contributed by atoms with Crippen molar-refractivity contribution in [1.29, 1.82) is 0 Å². The number of carbonyl (C=O) groups excluding carboxylic acids is 1. The molecule has 1 aromatic carbocycles. The Morgan fingerprint density at radius 2 is 1.88 bits per heavy atom. The fraction of sp³-hybridized carbons (Fsp3) is 0.450. The number of alkyl carbamates (subject to hydrolysis) is 1. The number of hydrogen-bond donors (Lipinski definition) is 2. The van der Waals surface area contributed by atoms with Crippen molar-refractivity contribution < 1.29 is 19.1 Å². The molecule has 136 valence electrons. The molecule has 0 aliphatic carbocycles. The molecule has 0 saturated heterocycles. The summed E-state index contributed by atoms with van der Waals surface area (Å²) < 4.78 is 10.9. The zero-order valence-electron chi connectivity index (χ0n) is 15.1. The van der Waals surface area contributed by atoms with Crippen LogP contribution >= 0.6 is 0 Å². The highest BCUT2D eigenvalue weighted by atomic mass is 16.6. The first-order valence-electron chi connectivity index (χ1n) is 8.57. The highest BCUT2D eigenvalue weighted by molar-refractivity contribution is 5.67. The van der Waals surface area contributed by atoms with Gasteiger partial charge in [0, 0.05) is 25.0 Å². The normalized spacial score (nSPS) is 13.9. The van der Waals surface area contributed by atoms with E-state index in [-0.39, 0.29) is 18.4 Å². The van der Waals surface area contributed by atoms with E-state index in [1.807, 2.05) is 63.2 Å². The molecular formula is C20H27NO4. The Bertz CT molecular complexity index is 631. The molecule has 0 aliphatic rings. The molecule has 2 N–H and O–H groups in total. The van der Waals surface area contributed by atoms with Crippen LogP contribution in [0.25, 0.3) is 0 Å². The van der Waals surface area contributed by atoms with E-state index >= 15 is 0 Å². The van der Waals surface area contributed by atoms with Gasteiger partial charge in [0.25, 0.3) is 0 Å². The lowest BCUT2D eigenvalue weighted by Gasteiger charge is -2.27. The fourth-order valence-electron chi connectivity index (χ4n) is 2.88. The van der Waals surface area contributed by atoms with Crippen LogP contribution in [0.4, 0.5) is 4.79 Å². The molecule has 1 heterocycles. The van der Waals surface area contributed by atoms with Gasteiger partial charge in [-0.2, -0.15) is 0 Å². The number of hydrogen-bond acceptors (Lipinski definition) is 4. The van der Waals surface area contributed by atoms with Crippen LogP contribution in [-0.2, 0) is 4.74 Å². The number of furan rings is 1. The third kappa shape index (κ3) is 5.94. The van der Waals surface area contributed by atoms with Gasteiger partial charge in [0.15, 0.2) is 0 Å². The number of carbonyl (C=O) groups is 1. The van der Waals surface area contributed by atoms with Crippen molar-refractivity contribution in [3.8, 4) is 0 Å². The van der Waals surface area contributed by atoms with Crippen molar-refractivity contribution in [1.82, 2.24) is 5.32 Å². The van der Waals surface area contributed by atoms with E-state index in [1.165, 1.54) is 0 Å². The Balaban J connectivity index is 2.19. The number of aliphatic hydroxyl groups excluding tert-OH is 1. The Hall–Kier alpha value is -2.27. The van der Waals surface area contributed by atoms with Gasteiger partial charge in [-0.05, 0) is 44.9 Å².